The van der Waals surface area contributed by atoms with Gasteiger partial charge >= 0.3 is 5.97 Å². The highest BCUT2D eigenvalue weighted by atomic mass is 32.2. The zero-order chi connectivity index (χ0) is 22.9. The van der Waals surface area contributed by atoms with Gasteiger partial charge < -0.3 is 14.8 Å². The first-order valence-corrected chi connectivity index (χ1v) is 12.1. The third-order valence-corrected chi connectivity index (χ3v) is 7.77. The highest BCUT2D eigenvalue weighted by Crippen LogP contribution is 2.42. The Labute approximate surface area is 196 Å². The van der Waals surface area contributed by atoms with Crippen LogP contribution in [0.2, 0.25) is 0 Å². The Morgan fingerprint density at radius 3 is 2.88 bits per heavy atom. The number of pyridine rings is 1. The van der Waals surface area contributed by atoms with E-state index in [2.05, 4.69) is 20.8 Å². The molecular weight excluding hydrogens is 466 g/mol. The molecule has 1 saturated heterocycles. The van der Waals surface area contributed by atoms with Crippen LogP contribution in [0.1, 0.15) is 5.76 Å². The van der Waals surface area contributed by atoms with Crippen LogP contribution >= 0.6 is 23.5 Å². The summed E-state index contributed by atoms with van der Waals surface area (Å²) in [6, 6.07) is 7.04. The first-order valence-electron chi connectivity index (χ1n) is 10.0. The Morgan fingerprint density at radius 1 is 1.39 bits per heavy atom. The summed E-state index contributed by atoms with van der Waals surface area (Å²) in [5.41, 5.74) is 1.54. The number of anilines is 1. The molecule has 3 aromatic heterocycles. The maximum absolute atomic E-state index is 12.9. The number of nitrogens with zero attached hydrogens (tertiary/aromatic N) is 6. The van der Waals surface area contributed by atoms with Gasteiger partial charge in [-0.2, -0.15) is 4.57 Å². The Morgan fingerprint density at radius 2 is 2.21 bits per heavy atom. The fourth-order valence-corrected chi connectivity index (χ4v) is 6.05. The van der Waals surface area contributed by atoms with Crippen molar-refractivity contribution < 1.29 is 23.7 Å². The van der Waals surface area contributed by atoms with E-state index in [9.17, 15) is 14.7 Å². The van der Waals surface area contributed by atoms with Gasteiger partial charge in [0.1, 0.15) is 17.1 Å². The molecule has 0 saturated carbocycles. The first kappa shape index (κ1) is 21.5. The Balaban J connectivity index is 1.26. The molecule has 0 aliphatic carbocycles. The number of carboxylic acids is 1. The quantitative estimate of drug-likeness (QED) is 0.270. The minimum absolute atomic E-state index is 0.0637. The number of thioether (sulfide) groups is 2. The molecule has 2 aliphatic heterocycles. The van der Waals surface area contributed by atoms with Gasteiger partial charge in [-0.05, 0) is 28.1 Å². The molecule has 3 aromatic rings. The summed E-state index contributed by atoms with van der Waals surface area (Å²) in [6.07, 6.45) is 5.44. The summed E-state index contributed by atoms with van der Waals surface area (Å²) in [6.45, 7) is 0.611. The van der Waals surface area contributed by atoms with Gasteiger partial charge in [0.05, 0.1) is 6.26 Å². The third kappa shape index (κ3) is 4.20. The van der Waals surface area contributed by atoms with E-state index in [-0.39, 0.29) is 17.0 Å². The van der Waals surface area contributed by atoms with Crippen LogP contribution in [0, 0.1) is 0 Å². The SMILES string of the molecule is Cn1nnnc1SCC1=C(C(=O)O)N2C(=O)[C@@H](Nc3cc[n+](Cc4ccco4)cc3)[C@H]2SC1. The van der Waals surface area contributed by atoms with Gasteiger partial charge in [-0.3, -0.25) is 9.69 Å². The number of aliphatic carboxylic acids is 1. The van der Waals surface area contributed by atoms with Crippen LogP contribution in [0.15, 0.2) is 63.8 Å². The Kier molecular flexibility index (Phi) is 5.81. The van der Waals surface area contributed by atoms with E-state index in [0.29, 0.717) is 28.8 Å². The zero-order valence-corrected chi connectivity index (χ0v) is 19.1. The van der Waals surface area contributed by atoms with Crippen LogP contribution in [0.3, 0.4) is 0 Å². The van der Waals surface area contributed by atoms with Crippen molar-refractivity contribution >= 4 is 41.1 Å². The van der Waals surface area contributed by atoms with E-state index in [1.807, 2.05) is 41.2 Å². The van der Waals surface area contributed by atoms with Crippen LogP contribution in [-0.2, 0) is 23.2 Å². The van der Waals surface area contributed by atoms with E-state index in [4.69, 9.17) is 4.42 Å². The van der Waals surface area contributed by atoms with Gasteiger partial charge in [-0.25, -0.2) is 9.48 Å². The van der Waals surface area contributed by atoms with Crippen molar-refractivity contribution in [1.82, 2.24) is 25.1 Å². The predicted molar refractivity (Wildman–Crippen MR) is 119 cm³/mol. The molecule has 5 heterocycles. The number of tetrazole rings is 1. The highest BCUT2D eigenvalue weighted by Gasteiger charge is 2.53. The summed E-state index contributed by atoms with van der Waals surface area (Å²) in [7, 11) is 1.72. The van der Waals surface area contributed by atoms with Crippen molar-refractivity contribution in [3.8, 4) is 0 Å². The number of aromatic nitrogens is 5. The lowest BCUT2D eigenvalue weighted by Crippen LogP contribution is -2.67. The number of hydrogen-bond donors (Lipinski definition) is 2. The Bertz CT molecular complexity index is 1210. The standard InChI is InChI=1S/C20H19N7O4S2/c1-25-20(22-23-24-25)33-11-12-10-32-18-15(17(28)27(18)16(12)19(29)30)21-13-4-6-26(7-5-13)9-14-3-2-8-31-14/h2-8,15,18H,9-11H2,1H3,(H,29,30)/p+1/t15-,18-/m1/s1. The molecule has 1 amide bonds. The molecule has 2 aliphatic rings. The molecule has 5 rings (SSSR count). The molecule has 33 heavy (non-hydrogen) atoms. The van der Waals surface area contributed by atoms with Crippen molar-refractivity contribution in [2.75, 3.05) is 16.8 Å². The predicted octanol–water partition coefficient (Wildman–Crippen LogP) is 0.966. The van der Waals surface area contributed by atoms with Crippen LogP contribution in [0.25, 0.3) is 0 Å². The van der Waals surface area contributed by atoms with Gasteiger partial charge in [0.15, 0.2) is 18.2 Å². The maximum Gasteiger partial charge on any atom is 0.352 e. The van der Waals surface area contributed by atoms with Crippen molar-refractivity contribution in [2.24, 2.45) is 7.05 Å². The van der Waals surface area contributed by atoms with Gasteiger partial charge in [-0.15, -0.1) is 16.9 Å². The summed E-state index contributed by atoms with van der Waals surface area (Å²) in [5, 5.41) is 24.7. The smallest absolute Gasteiger partial charge is 0.352 e. The van der Waals surface area contributed by atoms with Crippen LogP contribution in [0.4, 0.5) is 5.69 Å². The molecule has 11 nitrogen and oxygen atoms in total. The number of aryl methyl sites for hydroxylation is 1. The van der Waals surface area contributed by atoms with Gasteiger partial charge in [0.25, 0.3) is 5.91 Å². The maximum atomic E-state index is 12.9. The zero-order valence-electron chi connectivity index (χ0n) is 17.5. The minimum Gasteiger partial charge on any atom is -0.477 e. The van der Waals surface area contributed by atoms with Gasteiger partial charge in [0, 0.05) is 36.4 Å². The molecule has 13 heteroatoms. The Hall–Kier alpha value is -3.32. The molecule has 170 valence electrons. The molecule has 1 fully saturated rings. The number of furan rings is 1. The molecule has 0 aromatic carbocycles. The molecule has 0 bridgehead atoms. The average molecular weight is 487 g/mol. The second-order valence-corrected chi connectivity index (χ2v) is 9.55. The lowest BCUT2D eigenvalue weighted by atomic mass is 10.0. The summed E-state index contributed by atoms with van der Waals surface area (Å²) in [4.78, 5) is 26.3. The average Bonchev–Trinajstić information content (AvgIpc) is 3.47. The number of carboxylic acid groups (broad SMARTS) is 1. The fourth-order valence-electron chi connectivity index (χ4n) is 3.71. The van der Waals surface area contributed by atoms with Crippen molar-refractivity contribution in [3.05, 3.63) is 60.0 Å². The van der Waals surface area contributed by atoms with Gasteiger partial charge in [-0.1, -0.05) is 11.8 Å². The minimum atomic E-state index is -1.10. The number of carbonyl (C=O) groups excluding carboxylic acids is 1. The third-order valence-electron chi connectivity index (χ3n) is 5.34. The topological polar surface area (TPSA) is 130 Å². The molecule has 0 spiro atoms. The summed E-state index contributed by atoms with van der Waals surface area (Å²) >= 11 is 2.90. The molecule has 0 unspecified atom stereocenters. The molecule has 0 radical (unpaired) electrons. The van der Waals surface area contributed by atoms with Crippen LogP contribution in [0.5, 0.6) is 0 Å². The second-order valence-electron chi connectivity index (χ2n) is 7.50. The fraction of sp³-hybridized carbons (Fsp3) is 0.300. The molecule has 2 atom stereocenters. The van der Waals surface area contributed by atoms with Crippen LogP contribution < -0.4 is 9.88 Å². The lowest BCUT2D eigenvalue weighted by Gasteiger charge is -2.49. The largest absolute Gasteiger partial charge is 0.477 e. The number of amides is 1. The normalized spacial score (nSPS) is 19.9. The second kappa shape index (κ2) is 8.90. The van der Waals surface area contributed by atoms with Crippen molar-refractivity contribution in [3.63, 3.8) is 0 Å². The van der Waals surface area contributed by atoms with E-state index in [0.717, 1.165) is 11.4 Å². The number of hydrogen-bond acceptors (Lipinski definition) is 9. The number of β-lactam (4-membered cyclic amide) rings is 1. The number of rotatable bonds is 8. The highest BCUT2D eigenvalue weighted by molar-refractivity contribution is 8.01. The van der Waals surface area contributed by atoms with Crippen LogP contribution in [-0.4, -0.2) is 65.0 Å². The molecule has 2 N–H and O–H groups in total. The monoisotopic (exact) mass is 486 g/mol. The van der Waals surface area contributed by atoms with E-state index < -0.39 is 12.0 Å². The molecular formula is C20H20N7O4S2+. The van der Waals surface area contributed by atoms with Gasteiger partial charge in [0.2, 0.25) is 11.7 Å². The van der Waals surface area contributed by atoms with E-state index in [1.165, 1.54) is 21.3 Å². The summed E-state index contributed by atoms with van der Waals surface area (Å²) in [5.74, 6) is 0.412. The van der Waals surface area contributed by atoms with Crippen molar-refractivity contribution in [2.45, 2.75) is 23.1 Å². The number of fused-ring (bicyclic) bond motifs is 1. The number of carbonyl (C=O) groups is 2. The number of nitrogens with one attached hydrogen (secondary N) is 1. The first-order chi connectivity index (χ1) is 16.0. The summed E-state index contributed by atoms with van der Waals surface area (Å²) < 4.78 is 8.85. The lowest BCUT2D eigenvalue weighted by molar-refractivity contribution is -0.689. The van der Waals surface area contributed by atoms with E-state index in [1.54, 1.807) is 25.1 Å². The van der Waals surface area contributed by atoms with Crippen molar-refractivity contribution in [1.29, 1.82) is 0 Å². The van der Waals surface area contributed by atoms with E-state index >= 15 is 0 Å².